The van der Waals surface area contributed by atoms with Gasteiger partial charge in [0.2, 0.25) is 0 Å². The van der Waals surface area contributed by atoms with E-state index in [0.717, 1.165) is 12.0 Å². The van der Waals surface area contributed by atoms with Crippen molar-refractivity contribution in [2.75, 3.05) is 5.32 Å². The van der Waals surface area contributed by atoms with E-state index in [9.17, 15) is 9.18 Å². The van der Waals surface area contributed by atoms with Crippen molar-refractivity contribution in [1.82, 2.24) is 9.78 Å². The second-order valence-corrected chi connectivity index (χ2v) is 6.24. The lowest BCUT2D eigenvalue weighted by atomic mass is 10.1. The largest absolute Gasteiger partial charge is 0.327 e. The summed E-state index contributed by atoms with van der Waals surface area (Å²) in [5.41, 5.74) is 8.86. The molecule has 0 aliphatic heterocycles. The van der Waals surface area contributed by atoms with Crippen LogP contribution in [0.2, 0.25) is 0 Å². The molecule has 0 bridgehead atoms. The Bertz CT molecular complexity index is 929. The van der Waals surface area contributed by atoms with Crippen molar-refractivity contribution in [1.29, 1.82) is 0 Å². The Labute approximate surface area is 168 Å². The van der Waals surface area contributed by atoms with Crippen LogP contribution in [0.15, 0.2) is 60.9 Å². The van der Waals surface area contributed by atoms with E-state index >= 15 is 0 Å². The molecule has 4 rings (SSSR count). The zero-order valence-corrected chi connectivity index (χ0v) is 15.8. The SMILES string of the molecule is Cl.Cl.NC1CC1c1cccc(C(=O)Nc2cnn(-c3ccc(F)cc3)c2)c1. The van der Waals surface area contributed by atoms with Crippen LogP contribution in [0.25, 0.3) is 5.69 Å². The number of nitrogens with zero attached hydrogens (tertiary/aromatic N) is 2. The van der Waals surface area contributed by atoms with E-state index in [1.54, 1.807) is 35.3 Å². The summed E-state index contributed by atoms with van der Waals surface area (Å²) < 4.78 is 14.6. The summed E-state index contributed by atoms with van der Waals surface area (Å²) in [6.07, 6.45) is 4.21. The van der Waals surface area contributed by atoms with Crippen LogP contribution in [0.3, 0.4) is 0 Å². The number of hydrogen-bond acceptors (Lipinski definition) is 3. The molecule has 0 radical (unpaired) electrons. The molecule has 3 N–H and O–H groups in total. The second-order valence-electron chi connectivity index (χ2n) is 6.24. The Morgan fingerprint density at radius 2 is 1.89 bits per heavy atom. The molecule has 2 unspecified atom stereocenters. The highest BCUT2D eigenvalue weighted by Gasteiger charge is 2.34. The third-order valence-electron chi connectivity index (χ3n) is 4.35. The summed E-state index contributed by atoms with van der Waals surface area (Å²) >= 11 is 0. The molecule has 1 aromatic heterocycles. The summed E-state index contributed by atoms with van der Waals surface area (Å²) in [6.45, 7) is 0. The third-order valence-corrected chi connectivity index (χ3v) is 4.35. The van der Waals surface area contributed by atoms with Gasteiger partial charge in [0, 0.05) is 17.5 Å². The summed E-state index contributed by atoms with van der Waals surface area (Å²) in [6, 6.07) is 13.7. The molecular weight excluding hydrogens is 390 g/mol. The molecule has 3 aromatic rings. The highest BCUT2D eigenvalue weighted by atomic mass is 35.5. The predicted molar refractivity (Wildman–Crippen MR) is 108 cm³/mol. The van der Waals surface area contributed by atoms with Gasteiger partial charge in [-0.2, -0.15) is 5.10 Å². The number of carbonyl (C=O) groups is 1. The van der Waals surface area contributed by atoms with Gasteiger partial charge in [-0.05, 0) is 48.4 Å². The number of halogens is 3. The summed E-state index contributed by atoms with van der Waals surface area (Å²) in [4.78, 5) is 12.5. The highest BCUT2D eigenvalue weighted by molar-refractivity contribution is 6.04. The van der Waals surface area contributed by atoms with Gasteiger partial charge >= 0.3 is 0 Å². The summed E-state index contributed by atoms with van der Waals surface area (Å²) in [5, 5.41) is 7.02. The molecule has 2 aromatic carbocycles. The zero-order valence-electron chi connectivity index (χ0n) is 14.2. The number of amides is 1. The van der Waals surface area contributed by atoms with E-state index in [1.807, 2.05) is 18.2 Å². The van der Waals surface area contributed by atoms with Crippen molar-refractivity contribution in [3.05, 3.63) is 77.9 Å². The molecule has 0 spiro atoms. The number of carbonyl (C=O) groups excluding carboxylic acids is 1. The topological polar surface area (TPSA) is 72.9 Å². The van der Waals surface area contributed by atoms with Crippen molar-refractivity contribution in [2.24, 2.45) is 5.73 Å². The fraction of sp³-hybridized carbons (Fsp3) is 0.158. The highest BCUT2D eigenvalue weighted by Crippen LogP contribution is 2.39. The Hall–Kier alpha value is -2.41. The number of nitrogens with one attached hydrogen (secondary N) is 1. The molecule has 8 heteroatoms. The van der Waals surface area contributed by atoms with Gasteiger partial charge < -0.3 is 11.1 Å². The fourth-order valence-electron chi connectivity index (χ4n) is 2.83. The second kappa shape index (κ2) is 8.52. The minimum absolute atomic E-state index is 0. The Morgan fingerprint density at radius 1 is 1.19 bits per heavy atom. The molecule has 1 amide bonds. The van der Waals surface area contributed by atoms with Crippen LogP contribution in [-0.2, 0) is 0 Å². The molecule has 142 valence electrons. The van der Waals surface area contributed by atoms with Crippen molar-refractivity contribution in [3.8, 4) is 5.69 Å². The molecule has 1 saturated carbocycles. The molecule has 1 aliphatic carbocycles. The van der Waals surface area contributed by atoms with Crippen molar-refractivity contribution < 1.29 is 9.18 Å². The van der Waals surface area contributed by atoms with Gasteiger partial charge in [0.05, 0.1) is 23.8 Å². The van der Waals surface area contributed by atoms with Crippen molar-refractivity contribution in [3.63, 3.8) is 0 Å². The van der Waals surface area contributed by atoms with Gasteiger partial charge in [0.1, 0.15) is 5.82 Å². The average Bonchev–Trinajstić information content (AvgIpc) is 3.17. The Balaban J connectivity index is 0.00000131. The van der Waals surface area contributed by atoms with Crippen LogP contribution >= 0.6 is 24.8 Å². The molecular formula is C19H19Cl2FN4O. The van der Waals surface area contributed by atoms with Crippen LogP contribution in [0.5, 0.6) is 0 Å². The maximum Gasteiger partial charge on any atom is 0.255 e. The minimum Gasteiger partial charge on any atom is -0.327 e. The number of rotatable bonds is 4. The molecule has 1 fully saturated rings. The van der Waals surface area contributed by atoms with E-state index in [1.165, 1.54) is 12.1 Å². The van der Waals surface area contributed by atoms with Gasteiger partial charge in [-0.15, -0.1) is 24.8 Å². The maximum absolute atomic E-state index is 13.0. The van der Waals surface area contributed by atoms with Crippen LogP contribution in [0, 0.1) is 5.82 Å². The van der Waals surface area contributed by atoms with E-state index in [-0.39, 0.29) is 42.6 Å². The van der Waals surface area contributed by atoms with Gasteiger partial charge in [-0.3, -0.25) is 4.79 Å². The van der Waals surface area contributed by atoms with Crippen LogP contribution in [0.4, 0.5) is 10.1 Å². The predicted octanol–water partition coefficient (Wildman–Crippen LogP) is 3.92. The first-order chi connectivity index (χ1) is 12.1. The van der Waals surface area contributed by atoms with Crippen LogP contribution in [-0.4, -0.2) is 21.7 Å². The van der Waals surface area contributed by atoms with Crippen molar-refractivity contribution in [2.45, 2.75) is 18.4 Å². The van der Waals surface area contributed by atoms with Crippen molar-refractivity contribution >= 4 is 36.4 Å². The van der Waals surface area contributed by atoms with E-state index in [4.69, 9.17) is 5.73 Å². The number of nitrogens with two attached hydrogens (primary N) is 1. The Morgan fingerprint density at radius 3 is 2.56 bits per heavy atom. The summed E-state index contributed by atoms with van der Waals surface area (Å²) in [5.74, 6) is -0.150. The Kier molecular flexibility index (Phi) is 6.59. The third kappa shape index (κ3) is 4.66. The van der Waals surface area contributed by atoms with Gasteiger partial charge in [-0.1, -0.05) is 12.1 Å². The van der Waals surface area contributed by atoms with Crippen LogP contribution in [0.1, 0.15) is 28.3 Å². The first kappa shape index (κ1) is 20.9. The summed E-state index contributed by atoms with van der Waals surface area (Å²) in [7, 11) is 0. The quantitative estimate of drug-likeness (QED) is 0.686. The first-order valence-corrected chi connectivity index (χ1v) is 8.08. The fourth-order valence-corrected chi connectivity index (χ4v) is 2.83. The molecule has 1 heterocycles. The molecule has 1 aliphatic rings. The lowest BCUT2D eigenvalue weighted by Gasteiger charge is -2.05. The van der Waals surface area contributed by atoms with Gasteiger partial charge in [-0.25, -0.2) is 9.07 Å². The van der Waals surface area contributed by atoms with Crippen LogP contribution < -0.4 is 11.1 Å². The lowest BCUT2D eigenvalue weighted by Crippen LogP contribution is -2.12. The van der Waals surface area contributed by atoms with E-state index in [0.29, 0.717) is 22.9 Å². The average molecular weight is 409 g/mol. The normalized spacial score (nSPS) is 17.4. The molecule has 0 saturated heterocycles. The van der Waals surface area contributed by atoms with E-state index in [2.05, 4.69) is 10.4 Å². The smallest absolute Gasteiger partial charge is 0.255 e. The standard InChI is InChI=1S/C19H17FN4O.2ClH/c20-14-4-6-16(7-5-14)24-11-15(10-22-24)23-19(25)13-3-1-2-12(8-13)17-9-18(17)21;;/h1-8,10-11,17-18H,9,21H2,(H,23,25);2*1H. The lowest BCUT2D eigenvalue weighted by molar-refractivity contribution is 0.102. The van der Waals surface area contributed by atoms with Gasteiger partial charge in [0.15, 0.2) is 0 Å². The number of benzene rings is 2. The number of aromatic nitrogens is 2. The molecule has 27 heavy (non-hydrogen) atoms. The maximum atomic E-state index is 13.0. The monoisotopic (exact) mass is 408 g/mol. The number of anilines is 1. The zero-order chi connectivity index (χ0) is 17.4. The number of hydrogen-bond donors (Lipinski definition) is 2. The molecule has 5 nitrogen and oxygen atoms in total. The first-order valence-electron chi connectivity index (χ1n) is 8.08. The molecule has 2 atom stereocenters. The van der Waals surface area contributed by atoms with E-state index < -0.39 is 0 Å². The minimum atomic E-state index is -0.306. The van der Waals surface area contributed by atoms with Gasteiger partial charge in [0.25, 0.3) is 5.91 Å².